The van der Waals surface area contributed by atoms with Crippen molar-refractivity contribution >= 4 is 11.6 Å². The van der Waals surface area contributed by atoms with Gasteiger partial charge in [0, 0.05) is 13.1 Å². The van der Waals surface area contributed by atoms with E-state index in [1.807, 2.05) is 6.20 Å². The van der Waals surface area contributed by atoms with Gasteiger partial charge in [0.1, 0.15) is 11.6 Å². The van der Waals surface area contributed by atoms with Gasteiger partial charge in [-0.25, -0.2) is 4.98 Å². The van der Waals surface area contributed by atoms with E-state index < -0.39 is 0 Å². The van der Waals surface area contributed by atoms with E-state index in [9.17, 15) is 0 Å². The number of nitrogens with zero attached hydrogens (tertiary/aromatic N) is 2. The van der Waals surface area contributed by atoms with E-state index >= 15 is 0 Å². The highest BCUT2D eigenvalue weighted by Crippen LogP contribution is 2.30. The van der Waals surface area contributed by atoms with Gasteiger partial charge in [0.15, 0.2) is 0 Å². The Hall–Kier alpha value is -1.32. The molecule has 0 aliphatic heterocycles. The average molecular weight is 276 g/mol. The molecule has 1 aromatic heterocycles. The van der Waals surface area contributed by atoms with Gasteiger partial charge in [0.05, 0.1) is 12.4 Å². The zero-order valence-corrected chi connectivity index (χ0v) is 12.9. The van der Waals surface area contributed by atoms with Gasteiger partial charge in [-0.3, -0.25) is 4.98 Å². The van der Waals surface area contributed by atoms with Crippen LogP contribution in [0.1, 0.15) is 52.4 Å². The van der Waals surface area contributed by atoms with Gasteiger partial charge in [-0.2, -0.15) is 0 Å². The summed E-state index contributed by atoms with van der Waals surface area (Å²) in [5, 5.41) is 6.72. The Labute approximate surface area is 122 Å². The standard InChI is InChI=1S/C16H28N4/c1-3-9-18-15-11-17-12-16(20-15)19-10-14-7-5-13(4-2)6-8-14/h11-14H,3-10H2,1-2H3,(H2,18,19,20). The van der Waals surface area contributed by atoms with Gasteiger partial charge in [-0.1, -0.05) is 33.1 Å². The third-order valence-corrected chi connectivity index (χ3v) is 4.31. The second-order valence-electron chi connectivity index (χ2n) is 5.89. The highest BCUT2D eigenvalue weighted by molar-refractivity contribution is 5.41. The number of aromatic nitrogens is 2. The molecule has 1 saturated carbocycles. The summed E-state index contributed by atoms with van der Waals surface area (Å²) in [6.45, 7) is 6.43. The summed E-state index contributed by atoms with van der Waals surface area (Å²) < 4.78 is 0. The second kappa shape index (κ2) is 8.08. The lowest BCUT2D eigenvalue weighted by atomic mass is 9.81. The maximum absolute atomic E-state index is 4.54. The van der Waals surface area contributed by atoms with Gasteiger partial charge in [-0.15, -0.1) is 0 Å². The fourth-order valence-electron chi connectivity index (χ4n) is 2.88. The molecule has 1 aliphatic carbocycles. The van der Waals surface area contributed by atoms with Crippen LogP contribution in [0, 0.1) is 11.8 Å². The maximum Gasteiger partial charge on any atom is 0.146 e. The van der Waals surface area contributed by atoms with Crippen LogP contribution in [0.25, 0.3) is 0 Å². The van der Waals surface area contributed by atoms with Crippen molar-refractivity contribution in [2.24, 2.45) is 11.8 Å². The van der Waals surface area contributed by atoms with E-state index in [0.717, 1.165) is 43.0 Å². The van der Waals surface area contributed by atoms with E-state index in [1.165, 1.54) is 32.1 Å². The number of anilines is 2. The molecule has 2 rings (SSSR count). The van der Waals surface area contributed by atoms with Crippen molar-refractivity contribution in [2.45, 2.75) is 52.4 Å². The molecule has 0 spiro atoms. The van der Waals surface area contributed by atoms with Crippen molar-refractivity contribution in [2.75, 3.05) is 23.7 Å². The van der Waals surface area contributed by atoms with Crippen molar-refractivity contribution in [1.29, 1.82) is 0 Å². The Morgan fingerprint density at radius 3 is 2.30 bits per heavy atom. The fraction of sp³-hybridized carbons (Fsp3) is 0.750. The van der Waals surface area contributed by atoms with Gasteiger partial charge in [0.2, 0.25) is 0 Å². The molecule has 1 aliphatic rings. The van der Waals surface area contributed by atoms with Crippen LogP contribution in [0.3, 0.4) is 0 Å². The van der Waals surface area contributed by atoms with E-state index in [4.69, 9.17) is 0 Å². The summed E-state index contributed by atoms with van der Waals surface area (Å²) in [5.74, 6) is 3.52. The van der Waals surface area contributed by atoms with Crippen LogP contribution in [-0.4, -0.2) is 23.1 Å². The molecular formula is C16H28N4. The van der Waals surface area contributed by atoms with Gasteiger partial charge in [-0.05, 0) is 31.1 Å². The smallest absolute Gasteiger partial charge is 0.146 e. The van der Waals surface area contributed by atoms with E-state index in [1.54, 1.807) is 6.20 Å². The Balaban J connectivity index is 1.76. The molecule has 20 heavy (non-hydrogen) atoms. The zero-order chi connectivity index (χ0) is 14.2. The predicted molar refractivity (Wildman–Crippen MR) is 85.0 cm³/mol. The fourth-order valence-corrected chi connectivity index (χ4v) is 2.88. The highest BCUT2D eigenvalue weighted by Gasteiger charge is 2.19. The Morgan fingerprint density at radius 1 is 1.00 bits per heavy atom. The van der Waals surface area contributed by atoms with Crippen LogP contribution < -0.4 is 10.6 Å². The van der Waals surface area contributed by atoms with Crippen LogP contribution >= 0.6 is 0 Å². The minimum atomic E-state index is 0.798. The molecule has 4 nitrogen and oxygen atoms in total. The van der Waals surface area contributed by atoms with Crippen LogP contribution in [0.15, 0.2) is 12.4 Å². The van der Waals surface area contributed by atoms with Crippen molar-refractivity contribution in [3.8, 4) is 0 Å². The number of hydrogen-bond donors (Lipinski definition) is 2. The van der Waals surface area contributed by atoms with Crippen molar-refractivity contribution < 1.29 is 0 Å². The molecule has 0 radical (unpaired) electrons. The number of rotatable bonds is 7. The molecule has 0 atom stereocenters. The molecule has 0 saturated heterocycles. The lowest BCUT2D eigenvalue weighted by Crippen LogP contribution is -2.21. The van der Waals surface area contributed by atoms with E-state index in [-0.39, 0.29) is 0 Å². The Bertz CT molecular complexity index is 386. The number of nitrogens with one attached hydrogen (secondary N) is 2. The van der Waals surface area contributed by atoms with E-state index in [2.05, 4.69) is 34.4 Å². The molecule has 1 aromatic rings. The topological polar surface area (TPSA) is 49.8 Å². The van der Waals surface area contributed by atoms with Crippen molar-refractivity contribution in [3.05, 3.63) is 12.4 Å². The van der Waals surface area contributed by atoms with Crippen LogP contribution in [0.4, 0.5) is 11.6 Å². The third-order valence-electron chi connectivity index (χ3n) is 4.31. The van der Waals surface area contributed by atoms with Gasteiger partial charge < -0.3 is 10.6 Å². The minimum Gasteiger partial charge on any atom is -0.369 e. The number of hydrogen-bond acceptors (Lipinski definition) is 4. The summed E-state index contributed by atoms with van der Waals surface area (Å²) >= 11 is 0. The summed E-state index contributed by atoms with van der Waals surface area (Å²) in [6, 6.07) is 0. The monoisotopic (exact) mass is 276 g/mol. The summed E-state index contributed by atoms with van der Waals surface area (Å²) in [7, 11) is 0. The SMILES string of the molecule is CCCNc1cncc(NCC2CCC(CC)CC2)n1. The van der Waals surface area contributed by atoms with Crippen molar-refractivity contribution in [1.82, 2.24) is 9.97 Å². The minimum absolute atomic E-state index is 0.798. The lowest BCUT2D eigenvalue weighted by Gasteiger charge is -2.27. The second-order valence-corrected chi connectivity index (χ2v) is 5.89. The lowest BCUT2D eigenvalue weighted by molar-refractivity contribution is 0.278. The van der Waals surface area contributed by atoms with Crippen molar-refractivity contribution in [3.63, 3.8) is 0 Å². The molecule has 1 fully saturated rings. The first-order valence-corrected chi connectivity index (χ1v) is 8.11. The zero-order valence-electron chi connectivity index (χ0n) is 12.9. The Kier molecular flexibility index (Phi) is 6.09. The molecule has 0 unspecified atom stereocenters. The predicted octanol–water partition coefficient (Wildman–Crippen LogP) is 3.93. The highest BCUT2D eigenvalue weighted by atomic mass is 15.1. The molecule has 0 bridgehead atoms. The first kappa shape index (κ1) is 15.1. The quantitative estimate of drug-likeness (QED) is 0.792. The normalized spacial score (nSPS) is 22.5. The van der Waals surface area contributed by atoms with E-state index in [0.29, 0.717) is 0 Å². The molecule has 0 aromatic carbocycles. The molecule has 0 amide bonds. The molecular weight excluding hydrogens is 248 g/mol. The molecule has 112 valence electrons. The maximum atomic E-state index is 4.54. The molecule has 2 N–H and O–H groups in total. The van der Waals surface area contributed by atoms with Crippen LogP contribution in [0.2, 0.25) is 0 Å². The molecule has 4 heteroatoms. The third kappa shape index (κ3) is 4.66. The van der Waals surface area contributed by atoms with Gasteiger partial charge in [0.25, 0.3) is 0 Å². The summed E-state index contributed by atoms with van der Waals surface area (Å²) in [5.41, 5.74) is 0. The first-order chi connectivity index (χ1) is 9.81. The summed E-state index contributed by atoms with van der Waals surface area (Å²) in [4.78, 5) is 8.78. The summed E-state index contributed by atoms with van der Waals surface area (Å²) in [6.07, 6.45) is 11.5. The average Bonchev–Trinajstić information content (AvgIpc) is 2.52. The van der Waals surface area contributed by atoms with Gasteiger partial charge >= 0.3 is 0 Å². The Morgan fingerprint density at radius 2 is 1.65 bits per heavy atom. The molecule has 1 heterocycles. The first-order valence-electron chi connectivity index (χ1n) is 8.11. The van der Waals surface area contributed by atoms with Crippen LogP contribution in [0.5, 0.6) is 0 Å². The largest absolute Gasteiger partial charge is 0.369 e. The van der Waals surface area contributed by atoms with Crippen LogP contribution in [-0.2, 0) is 0 Å².